The first-order valence-electron chi connectivity index (χ1n) is 7.24. The standard InChI is InChI=1S/C17H19N3O3/c1-12-11-14(6-7-15(12)16(21)23-2)20-17(22)19-10-8-13-5-3-4-9-18-13/h3-7,9,11H,8,10H2,1-2H3,(H2,19,20,22). The van der Waals surface area contributed by atoms with E-state index >= 15 is 0 Å². The van der Waals surface area contributed by atoms with Crippen molar-refractivity contribution < 1.29 is 14.3 Å². The molecule has 1 heterocycles. The second kappa shape index (κ2) is 7.93. The highest BCUT2D eigenvalue weighted by atomic mass is 16.5. The summed E-state index contributed by atoms with van der Waals surface area (Å²) in [7, 11) is 1.34. The second-order valence-electron chi connectivity index (χ2n) is 4.97. The number of methoxy groups -OCH3 is 1. The first-order chi connectivity index (χ1) is 11.1. The van der Waals surface area contributed by atoms with Crippen LogP contribution in [-0.4, -0.2) is 30.6 Å². The van der Waals surface area contributed by atoms with Gasteiger partial charge in [0.15, 0.2) is 0 Å². The van der Waals surface area contributed by atoms with Gasteiger partial charge in [0.05, 0.1) is 12.7 Å². The van der Waals surface area contributed by atoms with Crippen LogP contribution in [0.1, 0.15) is 21.6 Å². The molecule has 0 saturated carbocycles. The van der Waals surface area contributed by atoms with Crippen molar-refractivity contribution in [1.82, 2.24) is 10.3 Å². The molecule has 0 fully saturated rings. The van der Waals surface area contributed by atoms with E-state index in [0.29, 0.717) is 24.2 Å². The minimum atomic E-state index is -0.395. The van der Waals surface area contributed by atoms with Crippen LogP contribution in [0.25, 0.3) is 0 Å². The number of amides is 2. The number of benzene rings is 1. The van der Waals surface area contributed by atoms with Gasteiger partial charge in [-0.05, 0) is 42.8 Å². The molecule has 1 aromatic heterocycles. The fourth-order valence-corrected chi connectivity index (χ4v) is 2.11. The predicted octanol–water partition coefficient (Wildman–Crippen LogP) is 2.54. The number of carbonyl (C=O) groups is 2. The fourth-order valence-electron chi connectivity index (χ4n) is 2.11. The van der Waals surface area contributed by atoms with E-state index in [2.05, 4.69) is 20.4 Å². The Morgan fingerprint density at radius 1 is 1.22 bits per heavy atom. The van der Waals surface area contributed by atoms with Gasteiger partial charge in [-0.3, -0.25) is 4.98 Å². The molecule has 2 rings (SSSR count). The quantitative estimate of drug-likeness (QED) is 0.831. The number of carbonyl (C=O) groups excluding carboxylic acids is 2. The third-order valence-corrected chi connectivity index (χ3v) is 3.28. The number of ether oxygens (including phenoxy) is 1. The average molecular weight is 313 g/mol. The van der Waals surface area contributed by atoms with Gasteiger partial charge in [0.25, 0.3) is 0 Å². The highest BCUT2D eigenvalue weighted by molar-refractivity contribution is 5.93. The van der Waals surface area contributed by atoms with E-state index in [1.54, 1.807) is 31.3 Å². The van der Waals surface area contributed by atoms with Crippen molar-refractivity contribution in [3.63, 3.8) is 0 Å². The van der Waals surface area contributed by atoms with Crippen LogP contribution in [0.4, 0.5) is 10.5 Å². The summed E-state index contributed by atoms with van der Waals surface area (Å²) in [5.74, 6) is -0.395. The first-order valence-corrected chi connectivity index (χ1v) is 7.24. The minimum Gasteiger partial charge on any atom is -0.465 e. The van der Waals surface area contributed by atoms with Gasteiger partial charge in [0, 0.05) is 30.5 Å². The van der Waals surface area contributed by atoms with E-state index < -0.39 is 5.97 Å². The lowest BCUT2D eigenvalue weighted by Gasteiger charge is -2.10. The highest BCUT2D eigenvalue weighted by Crippen LogP contribution is 2.15. The van der Waals surface area contributed by atoms with Crippen LogP contribution in [0.3, 0.4) is 0 Å². The second-order valence-corrected chi connectivity index (χ2v) is 4.97. The number of aryl methyl sites for hydroxylation is 1. The van der Waals surface area contributed by atoms with Crippen LogP contribution in [0.5, 0.6) is 0 Å². The van der Waals surface area contributed by atoms with Gasteiger partial charge in [-0.15, -0.1) is 0 Å². The number of nitrogens with zero attached hydrogens (tertiary/aromatic N) is 1. The lowest BCUT2D eigenvalue weighted by atomic mass is 10.1. The van der Waals surface area contributed by atoms with Crippen molar-refractivity contribution in [1.29, 1.82) is 0 Å². The Balaban J connectivity index is 1.85. The Labute approximate surface area is 134 Å². The van der Waals surface area contributed by atoms with E-state index in [1.165, 1.54) is 7.11 Å². The summed E-state index contributed by atoms with van der Waals surface area (Å²) in [6.07, 6.45) is 2.38. The molecule has 1 aromatic carbocycles. The van der Waals surface area contributed by atoms with Crippen molar-refractivity contribution in [2.45, 2.75) is 13.3 Å². The summed E-state index contributed by atoms with van der Waals surface area (Å²) in [5.41, 5.74) is 2.76. The van der Waals surface area contributed by atoms with Crippen LogP contribution in [0, 0.1) is 6.92 Å². The zero-order valence-corrected chi connectivity index (χ0v) is 13.1. The third-order valence-electron chi connectivity index (χ3n) is 3.28. The number of anilines is 1. The van der Waals surface area contributed by atoms with Crippen molar-refractivity contribution in [2.24, 2.45) is 0 Å². The van der Waals surface area contributed by atoms with E-state index in [0.717, 1.165) is 11.3 Å². The molecule has 0 spiro atoms. The molecule has 0 aliphatic carbocycles. The van der Waals surface area contributed by atoms with Crippen LogP contribution >= 0.6 is 0 Å². The maximum absolute atomic E-state index is 11.9. The van der Waals surface area contributed by atoms with Crippen LogP contribution in [0.15, 0.2) is 42.6 Å². The summed E-state index contributed by atoms with van der Waals surface area (Å²) >= 11 is 0. The zero-order chi connectivity index (χ0) is 16.7. The van der Waals surface area contributed by atoms with Gasteiger partial charge in [-0.2, -0.15) is 0 Å². The van der Waals surface area contributed by atoms with Gasteiger partial charge in [-0.25, -0.2) is 9.59 Å². The summed E-state index contributed by atoms with van der Waals surface area (Å²) < 4.78 is 4.69. The number of nitrogens with one attached hydrogen (secondary N) is 2. The van der Waals surface area contributed by atoms with Gasteiger partial charge >= 0.3 is 12.0 Å². The van der Waals surface area contributed by atoms with Gasteiger partial charge in [0.2, 0.25) is 0 Å². The van der Waals surface area contributed by atoms with E-state index in [1.807, 2.05) is 18.2 Å². The molecule has 0 aliphatic rings. The Kier molecular flexibility index (Phi) is 5.68. The topological polar surface area (TPSA) is 80.3 Å². The van der Waals surface area contributed by atoms with Crippen molar-refractivity contribution in [3.8, 4) is 0 Å². The van der Waals surface area contributed by atoms with E-state index in [4.69, 9.17) is 0 Å². The number of urea groups is 1. The monoisotopic (exact) mass is 313 g/mol. The summed E-state index contributed by atoms with van der Waals surface area (Å²) in [5, 5.41) is 5.50. The number of hydrogen-bond donors (Lipinski definition) is 2. The Morgan fingerprint density at radius 2 is 2.04 bits per heavy atom. The maximum atomic E-state index is 11.9. The molecule has 6 nitrogen and oxygen atoms in total. The number of hydrogen-bond acceptors (Lipinski definition) is 4. The molecular formula is C17H19N3O3. The number of aromatic nitrogens is 1. The SMILES string of the molecule is COC(=O)c1ccc(NC(=O)NCCc2ccccn2)cc1C. The number of rotatable bonds is 5. The molecule has 0 saturated heterocycles. The molecule has 6 heteroatoms. The van der Waals surface area contributed by atoms with E-state index in [9.17, 15) is 9.59 Å². The number of esters is 1. The molecule has 2 amide bonds. The maximum Gasteiger partial charge on any atom is 0.338 e. The Hall–Kier alpha value is -2.89. The number of pyridine rings is 1. The van der Waals surface area contributed by atoms with Crippen molar-refractivity contribution in [2.75, 3.05) is 19.0 Å². The summed E-state index contributed by atoms with van der Waals surface area (Å²) in [4.78, 5) is 27.6. The van der Waals surface area contributed by atoms with Crippen LogP contribution in [-0.2, 0) is 11.2 Å². The molecule has 23 heavy (non-hydrogen) atoms. The lowest BCUT2D eigenvalue weighted by molar-refractivity contribution is 0.0600. The molecule has 0 aliphatic heterocycles. The largest absolute Gasteiger partial charge is 0.465 e. The molecule has 120 valence electrons. The first kappa shape index (κ1) is 16.5. The highest BCUT2D eigenvalue weighted by Gasteiger charge is 2.10. The Bertz CT molecular complexity index is 687. The predicted molar refractivity (Wildman–Crippen MR) is 87.5 cm³/mol. The van der Waals surface area contributed by atoms with Gasteiger partial charge in [-0.1, -0.05) is 6.07 Å². The molecule has 0 radical (unpaired) electrons. The normalized spacial score (nSPS) is 10.0. The van der Waals surface area contributed by atoms with Crippen LogP contribution < -0.4 is 10.6 Å². The Morgan fingerprint density at radius 3 is 2.70 bits per heavy atom. The molecule has 0 bridgehead atoms. The third kappa shape index (κ3) is 4.81. The fraction of sp³-hybridized carbons (Fsp3) is 0.235. The minimum absolute atomic E-state index is 0.300. The molecule has 2 aromatic rings. The molecule has 0 unspecified atom stereocenters. The molecule has 0 atom stereocenters. The zero-order valence-electron chi connectivity index (χ0n) is 13.1. The van der Waals surface area contributed by atoms with Crippen molar-refractivity contribution >= 4 is 17.7 Å². The average Bonchev–Trinajstić information content (AvgIpc) is 2.55. The summed E-state index contributed by atoms with van der Waals surface area (Å²) in [6, 6.07) is 10.4. The summed E-state index contributed by atoms with van der Waals surface area (Å²) in [6.45, 7) is 2.28. The van der Waals surface area contributed by atoms with Crippen LogP contribution in [0.2, 0.25) is 0 Å². The lowest BCUT2D eigenvalue weighted by Crippen LogP contribution is -2.30. The smallest absolute Gasteiger partial charge is 0.338 e. The molecule has 2 N–H and O–H groups in total. The van der Waals surface area contributed by atoms with E-state index in [-0.39, 0.29) is 6.03 Å². The van der Waals surface area contributed by atoms with Gasteiger partial charge in [0.1, 0.15) is 0 Å². The molecular weight excluding hydrogens is 294 g/mol. The van der Waals surface area contributed by atoms with Crippen molar-refractivity contribution in [3.05, 3.63) is 59.4 Å². The van der Waals surface area contributed by atoms with Gasteiger partial charge < -0.3 is 15.4 Å².